The number of carbonyl (C=O) groups excluding carboxylic acids is 1. The molecule has 0 spiro atoms. The first kappa shape index (κ1) is 28.7. The molecule has 3 aromatic carbocycles. The van der Waals surface area contributed by atoms with Gasteiger partial charge in [-0.2, -0.15) is 9.78 Å². The minimum atomic E-state index is -0.355. The minimum Gasteiger partial charge on any atom is -0.495 e. The Morgan fingerprint density at radius 3 is 2.47 bits per heavy atom. The second-order valence-corrected chi connectivity index (χ2v) is 11.0. The van der Waals surface area contributed by atoms with Gasteiger partial charge in [0.15, 0.2) is 5.69 Å². The molecule has 11 heteroatoms. The van der Waals surface area contributed by atoms with E-state index in [2.05, 4.69) is 20.2 Å². The highest BCUT2D eigenvalue weighted by Crippen LogP contribution is 2.30. The van der Waals surface area contributed by atoms with Gasteiger partial charge in [0, 0.05) is 61.7 Å². The van der Waals surface area contributed by atoms with Gasteiger partial charge >= 0.3 is 0 Å². The van der Waals surface area contributed by atoms with Gasteiger partial charge in [0.2, 0.25) is 0 Å². The number of anilines is 1. The molecule has 222 valence electrons. The summed E-state index contributed by atoms with van der Waals surface area (Å²) in [7, 11) is 3.33. The maximum absolute atomic E-state index is 13.8. The number of benzene rings is 3. The number of para-hydroxylation sites is 1. The number of hydrogen-bond acceptors (Lipinski definition) is 6. The zero-order chi connectivity index (χ0) is 30.1. The van der Waals surface area contributed by atoms with Gasteiger partial charge in [0.25, 0.3) is 11.5 Å². The molecule has 43 heavy (non-hydrogen) atoms. The van der Waals surface area contributed by atoms with Crippen LogP contribution in [-0.4, -0.2) is 71.5 Å². The van der Waals surface area contributed by atoms with Crippen LogP contribution < -0.4 is 20.5 Å². The number of hydrogen-bond donors (Lipinski definition) is 1. The molecule has 0 radical (unpaired) electrons. The fourth-order valence-electron chi connectivity index (χ4n) is 5.77. The number of aryl methyl sites for hydroxylation is 1. The summed E-state index contributed by atoms with van der Waals surface area (Å²) in [5.41, 5.74) is 2.48. The summed E-state index contributed by atoms with van der Waals surface area (Å²) in [6.45, 7) is 4.78. The predicted molar refractivity (Wildman–Crippen MR) is 167 cm³/mol. The van der Waals surface area contributed by atoms with Crippen molar-refractivity contribution in [3.8, 4) is 11.4 Å². The number of amides is 1. The third kappa shape index (κ3) is 5.55. The normalized spacial score (nSPS) is 14.0. The summed E-state index contributed by atoms with van der Waals surface area (Å²) in [6, 6.07) is 19.2. The maximum atomic E-state index is 13.8. The number of aromatic nitrogens is 3. The van der Waals surface area contributed by atoms with Gasteiger partial charge in [-0.05, 0) is 61.5 Å². The molecular formula is C32H32ClFN6O3. The van der Waals surface area contributed by atoms with E-state index in [9.17, 15) is 14.0 Å². The van der Waals surface area contributed by atoms with Crippen LogP contribution in [0.15, 0.2) is 71.5 Å². The lowest BCUT2D eigenvalue weighted by Gasteiger charge is -2.36. The van der Waals surface area contributed by atoms with Gasteiger partial charge in [0.05, 0.1) is 17.8 Å². The monoisotopic (exact) mass is 602 g/mol. The molecule has 0 bridgehead atoms. The van der Waals surface area contributed by atoms with Crippen LogP contribution >= 0.6 is 11.6 Å². The van der Waals surface area contributed by atoms with Gasteiger partial charge in [-0.3, -0.25) is 14.5 Å². The van der Waals surface area contributed by atoms with Crippen molar-refractivity contribution in [3.63, 3.8) is 0 Å². The number of ether oxygens (including phenoxy) is 1. The SMILES string of the molecule is COc1ccc(-n2nc(C(=O)NCCCN3CCN(c4ccc(F)cc4)CC3)c3c4ccccc4n(C)c3c2=O)cc1Cl. The number of rotatable bonds is 8. The Bertz CT molecular complexity index is 1860. The summed E-state index contributed by atoms with van der Waals surface area (Å²) < 4.78 is 21.6. The molecule has 0 saturated carbocycles. The van der Waals surface area contributed by atoms with Crippen molar-refractivity contribution in [1.82, 2.24) is 24.6 Å². The van der Waals surface area contributed by atoms with E-state index in [-0.39, 0.29) is 23.0 Å². The second-order valence-electron chi connectivity index (χ2n) is 10.6. The number of piperazine rings is 1. The van der Waals surface area contributed by atoms with Crippen LogP contribution in [-0.2, 0) is 7.05 Å². The average molecular weight is 603 g/mol. The third-order valence-corrected chi connectivity index (χ3v) is 8.33. The largest absolute Gasteiger partial charge is 0.495 e. The molecule has 6 rings (SSSR count). The van der Waals surface area contributed by atoms with E-state index < -0.39 is 0 Å². The van der Waals surface area contributed by atoms with E-state index in [1.54, 1.807) is 22.8 Å². The van der Waals surface area contributed by atoms with E-state index in [1.807, 2.05) is 43.4 Å². The second kappa shape index (κ2) is 12.1. The zero-order valence-electron chi connectivity index (χ0n) is 24.0. The first-order valence-corrected chi connectivity index (χ1v) is 14.6. The third-order valence-electron chi connectivity index (χ3n) is 8.03. The Balaban J connectivity index is 1.20. The van der Waals surface area contributed by atoms with Crippen LogP contribution in [0.2, 0.25) is 5.02 Å². The number of methoxy groups -OCH3 is 1. The van der Waals surface area contributed by atoms with Crippen LogP contribution in [0.3, 0.4) is 0 Å². The van der Waals surface area contributed by atoms with Crippen molar-refractivity contribution >= 4 is 45.0 Å². The standard InChI is InChI=1S/C32H32ClFN6O3/c1-37-26-7-4-3-6-24(26)28-29(36-40(32(42)30(28)37)23-12-13-27(43-2)25(33)20-23)31(41)35-14-5-15-38-16-18-39(19-17-38)22-10-8-21(34)9-11-22/h3-4,6-13,20H,5,14-19H2,1-2H3,(H,35,41). The smallest absolute Gasteiger partial charge is 0.296 e. The summed E-state index contributed by atoms with van der Waals surface area (Å²) in [5.74, 6) is -0.112. The molecule has 1 aliphatic rings. The Kier molecular flexibility index (Phi) is 8.05. The highest BCUT2D eigenvalue weighted by Gasteiger charge is 2.24. The van der Waals surface area contributed by atoms with Crippen molar-refractivity contribution in [3.05, 3.63) is 93.6 Å². The van der Waals surface area contributed by atoms with Crippen LogP contribution in [0.4, 0.5) is 10.1 Å². The van der Waals surface area contributed by atoms with Crippen LogP contribution in [0.25, 0.3) is 27.5 Å². The van der Waals surface area contributed by atoms with E-state index >= 15 is 0 Å². The maximum Gasteiger partial charge on any atom is 0.296 e. The quantitative estimate of drug-likeness (QED) is 0.261. The van der Waals surface area contributed by atoms with Crippen molar-refractivity contribution in [2.24, 2.45) is 7.05 Å². The van der Waals surface area contributed by atoms with Crippen LogP contribution in [0.5, 0.6) is 5.75 Å². The van der Waals surface area contributed by atoms with Crippen molar-refractivity contribution < 1.29 is 13.9 Å². The molecule has 5 aromatic rings. The molecule has 2 aromatic heterocycles. The van der Waals surface area contributed by atoms with E-state index in [0.717, 1.165) is 55.7 Å². The summed E-state index contributed by atoms with van der Waals surface area (Å²) in [5, 5.41) is 9.25. The zero-order valence-corrected chi connectivity index (χ0v) is 24.8. The number of carbonyl (C=O) groups is 1. The molecule has 9 nitrogen and oxygen atoms in total. The van der Waals surface area contributed by atoms with E-state index in [4.69, 9.17) is 16.3 Å². The van der Waals surface area contributed by atoms with E-state index in [0.29, 0.717) is 33.9 Å². The molecule has 1 amide bonds. The molecule has 1 N–H and O–H groups in total. The van der Waals surface area contributed by atoms with Crippen molar-refractivity contribution in [2.45, 2.75) is 6.42 Å². The number of halogens is 2. The molecule has 1 aliphatic heterocycles. The van der Waals surface area contributed by atoms with Gasteiger partial charge in [0.1, 0.15) is 17.1 Å². The lowest BCUT2D eigenvalue weighted by molar-refractivity contribution is 0.0946. The molecule has 0 aliphatic carbocycles. The number of nitrogens with zero attached hydrogens (tertiary/aromatic N) is 5. The van der Waals surface area contributed by atoms with Crippen molar-refractivity contribution in [2.75, 3.05) is 51.3 Å². The molecule has 1 fully saturated rings. The fraction of sp³-hybridized carbons (Fsp3) is 0.281. The molecular weight excluding hydrogens is 571 g/mol. The lowest BCUT2D eigenvalue weighted by Crippen LogP contribution is -2.47. The average Bonchev–Trinajstić information content (AvgIpc) is 3.33. The van der Waals surface area contributed by atoms with Gasteiger partial charge in [-0.25, -0.2) is 4.39 Å². The highest BCUT2D eigenvalue weighted by molar-refractivity contribution is 6.32. The first-order valence-electron chi connectivity index (χ1n) is 14.2. The molecule has 0 unspecified atom stereocenters. The number of nitrogens with one attached hydrogen (secondary N) is 1. The Hall–Kier alpha value is -4.41. The van der Waals surface area contributed by atoms with Crippen LogP contribution in [0, 0.1) is 5.82 Å². The van der Waals surface area contributed by atoms with E-state index in [1.165, 1.54) is 23.9 Å². The van der Waals surface area contributed by atoms with Gasteiger partial charge in [-0.15, -0.1) is 0 Å². The lowest BCUT2D eigenvalue weighted by atomic mass is 10.1. The summed E-state index contributed by atoms with van der Waals surface area (Å²) >= 11 is 6.37. The number of fused-ring (bicyclic) bond motifs is 3. The summed E-state index contributed by atoms with van der Waals surface area (Å²) in [4.78, 5) is 32.0. The predicted octanol–water partition coefficient (Wildman–Crippen LogP) is 4.62. The summed E-state index contributed by atoms with van der Waals surface area (Å²) in [6.07, 6.45) is 0.759. The minimum absolute atomic E-state index is 0.172. The van der Waals surface area contributed by atoms with Gasteiger partial charge < -0.3 is 19.5 Å². The molecule has 1 saturated heterocycles. The Labute approximate surface area is 253 Å². The Morgan fingerprint density at radius 2 is 1.74 bits per heavy atom. The van der Waals surface area contributed by atoms with Crippen molar-refractivity contribution in [1.29, 1.82) is 0 Å². The Morgan fingerprint density at radius 1 is 1.02 bits per heavy atom. The molecule has 3 heterocycles. The first-order chi connectivity index (χ1) is 20.9. The van der Waals surface area contributed by atoms with Gasteiger partial charge in [-0.1, -0.05) is 29.8 Å². The fourth-order valence-corrected chi connectivity index (χ4v) is 6.02. The highest BCUT2D eigenvalue weighted by atomic mass is 35.5. The van der Waals surface area contributed by atoms with Crippen LogP contribution in [0.1, 0.15) is 16.9 Å². The topological polar surface area (TPSA) is 84.6 Å². The molecule has 0 atom stereocenters.